The van der Waals surface area contributed by atoms with Gasteiger partial charge >= 0.3 is 11.7 Å². The van der Waals surface area contributed by atoms with Gasteiger partial charge in [-0.2, -0.15) is 25.3 Å². The Morgan fingerprint density at radius 2 is 1.05 bits per heavy atom. The van der Waals surface area contributed by atoms with Crippen LogP contribution < -0.4 is 48.9 Å². The first-order valence-electron chi connectivity index (χ1n) is 34.6. The molecule has 2 aliphatic heterocycles. The fourth-order valence-electron chi connectivity index (χ4n) is 11.0. The first-order chi connectivity index (χ1) is 55.6. The molecule has 586 valence electrons. The van der Waals surface area contributed by atoms with Crippen molar-refractivity contribution in [2.75, 3.05) is 52.0 Å². The lowest BCUT2D eigenvalue weighted by Crippen LogP contribution is -2.27. The molecule has 10 aromatic heterocycles. The number of hydrogen-bond donors (Lipinski definition) is 10. The van der Waals surface area contributed by atoms with E-state index in [1.54, 1.807) is 91.4 Å². The predicted octanol–water partition coefficient (Wildman–Crippen LogP) is 15.0. The highest BCUT2D eigenvalue weighted by Gasteiger charge is 2.22. The van der Waals surface area contributed by atoms with E-state index < -0.39 is 17.2 Å². The first-order valence-corrected chi connectivity index (χ1v) is 36.5. The highest BCUT2D eigenvalue weighted by Crippen LogP contribution is 2.33. The normalized spacial score (nSPS) is 11.4. The molecule has 0 radical (unpaired) electrons. The van der Waals surface area contributed by atoms with Crippen molar-refractivity contribution in [1.29, 1.82) is 5.26 Å². The summed E-state index contributed by atoms with van der Waals surface area (Å²) in [5.41, 5.74) is 21.6. The monoisotopic (exact) mass is 1650 g/mol. The topological polar surface area (TPSA) is 414 Å². The molecule has 0 amide bonds. The Morgan fingerprint density at radius 1 is 0.557 bits per heavy atom. The van der Waals surface area contributed by atoms with Gasteiger partial charge in [0.05, 0.1) is 62.7 Å². The molecule has 15 aromatic rings. The Morgan fingerprint density at radius 3 is 1.64 bits per heavy atom. The number of nitrogen functional groups attached to an aromatic ring is 1. The minimum Gasteiger partial charge on any atom is -0.476 e. The number of nitriles is 1. The number of anilines is 6. The molecule has 0 atom stereocenters. The number of carboxylic acid groups (broad SMARTS) is 1. The van der Waals surface area contributed by atoms with Gasteiger partial charge in [0.2, 0.25) is 21.1 Å². The zero-order valence-corrected chi connectivity index (χ0v) is 64.3. The number of nitrogens with one attached hydrogen (secondary N) is 7. The number of aromatic carboxylic acids is 1. The molecule has 0 spiro atoms. The van der Waals surface area contributed by atoms with E-state index in [0.717, 1.165) is 94.7 Å². The number of aromatic nitrogens is 16. The van der Waals surface area contributed by atoms with E-state index in [1.165, 1.54) is 67.0 Å². The largest absolute Gasteiger partial charge is 0.476 e. The van der Waals surface area contributed by atoms with Crippen LogP contribution in [-0.2, 0) is 39.0 Å². The van der Waals surface area contributed by atoms with Crippen LogP contribution in [-0.4, -0.2) is 111 Å². The second-order valence-corrected chi connectivity index (χ2v) is 26.0. The standard InChI is InChI=1S/C15H16ClFN4.C14H14ClFN4.C14H10ClFN4.C8H5N3.C7H3Cl2N3.C7H8FN.C7H5N3O2.C6H6N2O2/c1-21-7-3-6-12-13(21)14(20-15(16)19-12)18-9-10-4-2-5-11(17)8-10;2*15-14-19-11-5-2-6-17-12(11)13(20-14)18-8-9-3-1-4-10(16)7-9;9-4-6-2-1-3-8-7(6)5-10-11-8;8-6-5-4(2-1-3-10-5)11-7(9)12-6;8-7-3-1-2-6(4-7)5-9;11-6-5-4(2-1-3-8-5)9-7(12)10-6;7-4-2-1-3-8-5(4)6(9)10/h2,4-5,8H,3,6-7,9H2,1H3,(H,18,19,20);1,3-4,7,17H,2,5-6,8H2,(H,18,19,20);1-7H,8H2,(H,18,19,20);1-3,5H,(H,10,11);1-3H;1-4H,5,9H2;1-3H,(H2,9,10,11,12);1-3H,7H2,(H,9,10). The van der Waals surface area contributed by atoms with E-state index >= 15 is 0 Å². The maximum absolute atomic E-state index is 13.2. The van der Waals surface area contributed by atoms with Crippen molar-refractivity contribution in [1.82, 2.24) is 80.0 Å². The SMILES string of the molecule is CN1CCCc2nc(Cl)nc(NCc3cccc(F)c3)c21.Clc1nc(Cl)c2ncccc2n1.Fc1cccc(CNc2nc(Cl)nc3c2NCCC3)c1.Fc1cccc(CNc2nc(Cl)nc3cccnc23)c1.N#Cc1cccc2[nH]ncc12.NCc1cccc(F)c1.Nc1cccnc1C(=O)O.O=c1[nH]c(=O)c2ncccc2[nH]1. The number of hydrogen-bond acceptors (Lipinski definition) is 24. The van der Waals surface area contributed by atoms with Crippen molar-refractivity contribution in [3.8, 4) is 6.07 Å². The zero-order valence-electron chi connectivity index (χ0n) is 60.5. The number of carbonyl (C=O) groups is 1. The van der Waals surface area contributed by atoms with Crippen LogP contribution in [0.1, 0.15) is 62.5 Å². The van der Waals surface area contributed by atoms with Crippen molar-refractivity contribution in [2.24, 2.45) is 5.73 Å². The summed E-state index contributed by atoms with van der Waals surface area (Å²) in [6, 6.07) is 46.7. The number of nitrogens with two attached hydrogens (primary N) is 2. The van der Waals surface area contributed by atoms with Crippen molar-refractivity contribution >= 4 is 142 Å². The molecule has 28 nitrogen and oxygen atoms in total. The lowest BCUT2D eigenvalue weighted by molar-refractivity contribution is 0.0691. The number of pyridine rings is 4. The molecule has 0 bridgehead atoms. The highest BCUT2D eigenvalue weighted by atomic mass is 35.5. The third-order valence-electron chi connectivity index (χ3n) is 16.2. The van der Waals surface area contributed by atoms with Gasteiger partial charge in [-0.05, 0) is 204 Å². The van der Waals surface area contributed by atoms with E-state index in [1.807, 2.05) is 43.4 Å². The van der Waals surface area contributed by atoms with Crippen LogP contribution in [0.3, 0.4) is 0 Å². The van der Waals surface area contributed by atoms with Gasteiger partial charge in [0.25, 0.3) is 5.56 Å². The van der Waals surface area contributed by atoms with Crippen molar-refractivity contribution < 1.29 is 27.5 Å². The molecule has 37 heteroatoms. The van der Waals surface area contributed by atoms with Crippen LogP contribution in [0.2, 0.25) is 26.3 Å². The van der Waals surface area contributed by atoms with Crippen molar-refractivity contribution in [3.05, 3.63) is 310 Å². The average molecular weight is 1660 g/mol. The van der Waals surface area contributed by atoms with Crippen molar-refractivity contribution in [3.63, 3.8) is 0 Å². The van der Waals surface area contributed by atoms with Gasteiger partial charge in [0, 0.05) is 76.5 Å². The molecule has 12 heterocycles. The Bertz CT molecular complexity index is 6030. The third-order valence-corrected chi connectivity index (χ3v) is 17.1. The van der Waals surface area contributed by atoms with Gasteiger partial charge in [-0.3, -0.25) is 24.8 Å². The van der Waals surface area contributed by atoms with Crippen LogP contribution in [0.4, 0.5) is 52.1 Å². The lowest BCUT2D eigenvalue weighted by atomic mass is 10.1. The van der Waals surface area contributed by atoms with Crippen LogP contribution in [0.25, 0.3) is 44.0 Å². The summed E-state index contributed by atoms with van der Waals surface area (Å²) >= 11 is 29.2. The number of nitrogens with zero attached hydrogens (tertiary/aromatic N) is 15. The number of H-pyrrole nitrogens is 3. The summed E-state index contributed by atoms with van der Waals surface area (Å²) in [5, 5.41) is 38.5. The number of aryl methyl sites for hydroxylation is 2. The Hall–Kier alpha value is -13.2. The molecular formula is C78H67Cl5F4N24O4. The fraction of sp³-hybridized carbons (Fsp3) is 0.141. The Kier molecular flexibility index (Phi) is 30.7. The molecule has 5 aromatic carbocycles. The Balaban J connectivity index is 0.000000142. The minimum atomic E-state index is -1.10. The van der Waals surface area contributed by atoms with Crippen LogP contribution >= 0.6 is 58.0 Å². The van der Waals surface area contributed by atoms with Gasteiger partial charge in [-0.1, -0.05) is 66.2 Å². The second kappa shape index (κ2) is 41.9. The molecule has 17 rings (SSSR count). The molecule has 12 N–H and O–H groups in total. The van der Waals surface area contributed by atoms with Crippen LogP contribution in [0.15, 0.2) is 204 Å². The van der Waals surface area contributed by atoms with Gasteiger partial charge in [-0.15, -0.1) is 0 Å². The number of halogens is 9. The Labute approximate surface area is 676 Å². The van der Waals surface area contributed by atoms with E-state index in [-0.39, 0.29) is 66.5 Å². The van der Waals surface area contributed by atoms with Gasteiger partial charge in [0.1, 0.15) is 40.0 Å². The molecular weight excluding hydrogens is 1590 g/mol. The second-order valence-electron chi connectivity index (χ2n) is 24.3. The van der Waals surface area contributed by atoms with Crippen LogP contribution in [0, 0.1) is 34.6 Å². The predicted molar refractivity (Wildman–Crippen MR) is 437 cm³/mol. The molecule has 0 saturated carbocycles. The van der Waals surface area contributed by atoms with E-state index in [0.29, 0.717) is 76.8 Å². The number of fused-ring (bicyclic) bond motifs is 6. The number of carboxylic acids is 1. The molecule has 0 unspecified atom stereocenters. The summed E-state index contributed by atoms with van der Waals surface area (Å²) < 4.78 is 51.8. The number of rotatable bonds is 11. The first kappa shape index (κ1) is 84.3. The minimum absolute atomic E-state index is 0.0949. The number of aromatic amines is 3. The van der Waals surface area contributed by atoms with Crippen LogP contribution in [0.5, 0.6) is 0 Å². The summed E-state index contributed by atoms with van der Waals surface area (Å²) in [6.45, 7) is 3.67. The van der Waals surface area contributed by atoms with E-state index in [2.05, 4.69) is 112 Å². The fourth-order valence-corrected chi connectivity index (χ4v) is 12.0. The molecule has 115 heavy (non-hydrogen) atoms. The van der Waals surface area contributed by atoms with Crippen molar-refractivity contribution in [2.45, 2.75) is 51.9 Å². The smallest absolute Gasteiger partial charge is 0.356 e. The summed E-state index contributed by atoms with van der Waals surface area (Å²) in [5.74, 6) is -0.173. The van der Waals surface area contributed by atoms with E-state index in [9.17, 15) is 31.9 Å². The van der Waals surface area contributed by atoms with Gasteiger partial charge < -0.3 is 47.7 Å². The quantitative estimate of drug-likeness (QED) is 0.0327. The molecule has 0 saturated heterocycles. The zero-order chi connectivity index (χ0) is 81.8. The molecule has 2 aliphatic rings. The maximum atomic E-state index is 13.2. The summed E-state index contributed by atoms with van der Waals surface area (Å²) in [6.07, 6.45) is 11.7. The highest BCUT2D eigenvalue weighted by molar-refractivity contribution is 6.35. The summed E-state index contributed by atoms with van der Waals surface area (Å²) in [4.78, 5) is 87.3. The molecule has 0 aliphatic carbocycles. The molecule has 0 fully saturated rings. The maximum Gasteiger partial charge on any atom is 0.356 e. The third kappa shape index (κ3) is 24.9. The lowest BCUT2D eigenvalue weighted by Gasteiger charge is -2.28. The van der Waals surface area contributed by atoms with Gasteiger partial charge in [0.15, 0.2) is 33.8 Å². The van der Waals surface area contributed by atoms with Gasteiger partial charge in [-0.25, -0.2) is 62.0 Å². The number of benzene rings is 5. The van der Waals surface area contributed by atoms with E-state index in [4.69, 9.17) is 79.8 Å². The average Bonchev–Trinajstić information content (AvgIpc) is 1.55. The summed E-state index contributed by atoms with van der Waals surface area (Å²) in [7, 11) is 2.02.